The van der Waals surface area contributed by atoms with Crippen LogP contribution in [-0.2, 0) is 0 Å². The molecular formula is C12H18O2. The van der Waals surface area contributed by atoms with Gasteiger partial charge in [0.15, 0.2) is 0 Å². The lowest BCUT2D eigenvalue weighted by molar-refractivity contribution is 0.329. The summed E-state index contributed by atoms with van der Waals surface area (Å²) in [6, 6.07) is 5.91. The van der Waals surface area contributed by atoms with Crippen LogP contribution in [0.15, 0.2) is 18.2 Å². The Balaban J connectivity index is 3.14. The van der Waals surface area contributed by atoms with Crippen LogP contribution < -0.4 is 9.47 Å². The highest BCUT2D eigenvalue weighted by Gasteiger charge is 2.12. The van der Waals surface area contributed by atoms with Crippen LogP contribution in [-0.4, -0.2) is 13.7 Å². The Morgan fingerprint density at radius 3 is 2.36 bits per heavy atom. The van der Waals surface area contributed by atoms with E-state index in [1.54, 1.807) is 7.11 Å². The Labute approximate surface area is 85.8 Å². The molecule has 1 aromatic carbocycles. The molecule has 1 aromatic rings. The molecule has 2 heteroatoms. The number of hydrogen-bond acceptors (Lipinski definition) is 2. The van der Waals surface area contributed by atoms with Gasteiger partial charge in [-0.25, -0.2) is 0 Å². The number of methoxy groups -OCH3 is 1. The Morgan fingerprint density at radius 2 is 1.86 bits per heavy atom. The zero-order valence-corrected chi connectivity index (χ0v) is 9.33. The number of ether oxygens (including phenoxy) is 2. The van der Waals surface area contributed by atoms with Crippen LogP contribution in [0.5, 0.6) is 11.5 Å². The fourth-order valence-electron chi connectivity index (χ4n) is 1.55. The van der Waals surface area contributed by atoms with Gasteiger partial charge in [-0.3, -0.25) is 0 Å². The molecule has 0 radical (unpaired) electrons. The minimum Gasteiger partial charge on any atom is -0.496 e. The SMILES string of the molecule is CCOc1cccc(OC)c1C(C)C. The molecule has 0 amide bonds. The second kappa shape index (κ2) is 4.89. The van der Waals surface area contributed by atoms with Gasteiger partial charge < -0.3 is 9.47 Å². The molecule has 0 saturated heterocycles. The lowest BCUT2D eigenvalue weighted by Crippen LogP contribution is -2.00. The molecule has 1 rings (SSSR count). The predicted molar refractivity (Wildman–Crippen MR) is 58.3 cm³/mol. The van der Waals surface area contributed by atoms with Crippen LogP contribution in [0.4, 0.5) is 0 Å². The van der Waals surface area contributed by atoms with Crippen molar-refractivity contribution in [3.05, 3.63) is 23.8 Å². The lowest BCUT2D eigenvalue weighted by Gasteiger charge is -2.16. The summed E-state index contributed by atoms with van der Waals surface area (Å²) in [4.78, 5) is 0. The lowest BCUT2D eigenvalue weighted by atomic mass is 10.0. The Bertz CT molecular complexity index is 292. The summed E-state index contributed by atoms with van der Waals surface area (Å²) in [6.45, 7) is 6.96. The molecule has 0 unspecified atom stereocenters. The average molecular weight is 194 g/mol. The maximum atomic E-state index is 5.56. The Morgan fingerprint density at radius 1 is 1.21 bits per heavy atom. The summed E-state index contributed by atoms with van der Waals surface area (Å²) in [5.74, 6) is 2.25. The van der Waals surface area contributed by atoms with Crippen molar-refractivity contribution in [2.24, 2.45) is 0 Å². The molecule has 0 N–H and O–H groups in total. The number of benzene rings is 1. The smallest absolute Gasteiger partial charge is 0.126 e. The molecule has 0 heterocycles. The van der Waals surface area contributed by atoms with E-state index in [2.05, 4.69) is 13.8 Å². The average Bonchev–Trinajstić information content (AvgIpc) is 2.17. The third-order valence-electron chi connectivity index (χ3n) is 2.12. The Hall–Kier alpha value is -1.18. The molecule has 0 atom stereocenters. The monoisotopic (exact) mass is 194 g/mol. The topological polar surface area (TPSA) is 18.5 Å². The van der Waals surface area contributed by atoms with Crippen LogP contribution in [0.1, 0.15) is 32.3 Å². The molecule has 0 fully saturated rings. The van der Waals surface area contributed by atoms with E-state index in [0.717, 1.165) is 17.1 Å². The molecule has 0 spiro atoms. The van der Waals surface area contributed by atoms with E-state index in [-0.39, 0.29) is 0 Å². The third-order valence-corrected chi connectivity index (χ3v) is 2.12. The molecule has 0 bridgehead atoms. The zero-order valence-electron chi connectivity index (χ0n) is 9.33. The first-order chi connectivity index (χ1) is 6.70. The summed E-state index contributed by atoms with van der Waals surface area (Å²) < 4.78 is 10.9. The normalized spacial score (nSPS) is 10.4. The van der Waals surface area contributed by atoms with Crippen molar-refractivity contribution in [3.8, 4) is 11.5 Å². The van der Waals surface area contributed by atoms with Gasteiger partial charge >= 0.3 is 0 Å². The van der Waals surface area contributed by atoms with Gasteiger partial charge in [-0.2, -0.15) is 0 Å². The molecule has 0 aliphatic carbocycles. The van der Waals surface area contributed by atoms with E-state index in [1.807, 2.05) is 25.1 Å². The second-order valence-corrected chi connectivity index (χ2v) is 3.46. The number of rotatable bonds is 4. The van der Waals surface area contributed by atoms with Crippen molar-refractivity contribution in [3.63, 3.8) is 0 Å². The van der Waals surface area contributed by atoms with Crippen molar-refractivity contribution >= 4 is 0 Å². The first-order valence-electron chi connectivity index (χ1n) is 5.00. The van der Waals surface area contributed by atoms with Gasteiger partial charge in [0.05, 0.1) is 13.7 Å². The van der Waals surface area contributed by atoms with Crippen molar-refractivity contribution < 1.29 is 9.47 Å². The summed E-state index contributed by atoms with van der Waals surface area (Å²) >= 11 is 0. The summed E-state index contributed by atoms with van der Waals surface area (Å²) in [7, 11) is 1.69. The third kappa shape index (κ3) is 2.19. The minimum absolute atomic E-state index is 0.410. The van der Waals surface area contributed by atoms with Crippen LogP contribution in [0.25, 0.3) is 0 Å². The van der Waals surface area contributed by atoms with Gasteiger partial charge in [-0.1, -0.05) is 19.9 Å². The van der Waals surface area contributed by atoms with Crippen molar-refractivity contribution in [1.29, 1.82) is 0 Å². The fourth-order valence-corrected chi connectivity index (χ4v) is 1.55. The maximum absolute atomic E-state index is 5.56. The van der Waals surface area contributed by atoms with Crippen LogP contribution in [0, 0.1) is 0 Å². The Kier molecular flexibility index (Phi) is 3.81. The van der Waals surface area contributed by atoms with Crippen LogP contribution in [0.2, 0.25) is 0 Å². The largest absolute Gasteiger partial charge is 0.496 e. The molecule has 0 aliphatic rings. The molecule has 14 heavy (non-hydrogen) atoms. The highest BCUT2D eigenvalue weighted by Crippen LogP contribution is 2.34. The molecule has 0 aliphatic heterocycles. The van der Waals surface area contributed by atoms with Crippen LogP contribution in [0.3, 0.4) is 0 Å². The van der Waals surface area contributed by atoms with Crippen molar-refractivity contribution in [1.82, 2.24) is 0 Å². The second-order valence-electron chi connectivity index (χ2n) is 3.46. The molecule has 0 saturated carbocycles. The van der Waals surface area contributed by atoms with Crippen LogP contribution >= 0.6 is 0 Å². The van der Waals surface area contributed by atoms with Gasteiger partial charge in [0.1, 0.15) is 11.5 Å². The van der Waals surface area contributed by atoms with E-state index in [4.69, 9.17) is 9.47 Å². The summed E-state index contributed by atoms with van der Waals surface area (Å²) in [5.41, 5.74) is 1.15. The highest BCUT2D eigenvalue weighted by atomic mass is 16.5. The molecular weight excluding hydrogens is 176 g/mol. The first-order valence-corrected chi connectivity index (χ1v) is 5.00. The molecule has 78 valence electrons. The zero-order chi connectivity index (χ0) is 10.6. The van der Waals surface area contributed by atoms with Gasteiger partial charge in [-0.15, -0.1) is 0 Å². The van der Waals surface area contributed by atoms with E-state index in [0.29, 0.717) is 12.5 Å². The summed E-state index contributed by atoms with van der Waals surface area (Å²) in [6.07, 6.45) is 0. The van der Waals surface area contributed by atoms with E-state index >= 15 is 0 Å². The van der Waals surface area contributed by atoms with Gasteiger partial charge in [0.25, 0.3) is 0 Å². The minimum atomic E-state index is 0.410. The molecule has 2 nitrogen and oxygen atoms in total. The van der Waals surface area contributed by atoms with E-state index in [1.165, 1.54) is 0 Å². The van der Waals surface area contributed by atoms with Gasteiger partial charge in [0, 0.05) is 5.56 Å². The molecule has 0 aromatic heterocycles. The standard InChI is InChI=1S/C12H18O2/c1-5-14-11-8-6-7-10(13-4)12(11)9(2)3/h6-9H,5H2,1-4H3. The summed E-state index contributed by atoms with van der Waals surface area (Å²) in [5, 5.41) is 0. The maximum Gasteiger partial charge on any atom is 0.126 e. The van der Waals surface area contributed by atoms with Crippen molar-refractivity contribution in [2.45, 2.75) is 26.7 Å². The predicted octanol–water partition coefficient (Wildman–Crippen LogP) is 3.22. The van der Waals surface area contributed by atoms with E-state index < -0.39 is 0 Å². The van der Waals surface area contributed by atoms with E-state index in [9.17, 15) is 0 Å². The highest BCUT2D eigenvalue weighted by molar-refractivity contribution is 5.46. The van der Waals surface area contributed by atoms with Gasteiger partial charge in [0.2, 0.25) is 0 Å². The fraction of sp³-hybridized carbons (Fsp3) is 0.500. The van der Waals surface area contributed by atoms with Crippen molar-refractivity contribution in [2.75, 3.05) is 13.7 Å². The number of hydrogen-bond donors (Lipinski definition) is 0. The first kappa shape index (κ1) is 10.9. The van der Waals surface area contributed by atoms with Gasteiger partial charge in [-0.05, 0) is 25.0 Å². The quantitative estimate of drug-likeness (QED) is 0.732.